The summed E-state index contributed by atoms with van der Waals surface area (Å²) in [5, 5.41) is 0. The molecule has 4 fully saturated rings. The molecule has 2 bridgehead atoms. The number of carbonyl (C=O) groups excluding carboxylic acids is 1. The van der Waals surface area contributed by atoms with Gasteiger partial charge in [-0.1, -0.05) is 18.6 Å². The summed E-state index contributed by atoms with van der Waals surface area (Å²) >= 11 is 0. The van der Waals surface area contributed by atoms with Gasteiger partial charge >= 0.3 is 0 Å². The Morgan fingerprint density at radius 2 is 1.96 bits per heavy atom. The number of methoxy groups -OCH3 is 1. The van der Waals surface area contributed by atoms with Gasteiger partial charge in [-0.05, 0) is 48.3 Å². The number of ether oxygens (including phenoxy) is 2. The smallest absolute Gasteiger partial charge is 0.248 e. The van der Waals surface area contributed by atoms with Crippen LogP contribution in [0.2, 0.25) is 0 Å². The highest BCUT2D eigenvalue weighted by atomic mass is 16.5. The molecule has 5 rings (SSSR count). The molecule has 1 amide bonds. The lowest BCUT2D eigenvalue weighted by Crippen LogP contribution is -2.59. The van der Waals surface area contributed by atoms with Gasteiger partial charge in [-0.3, -0.25) is 4.79 Å². The van der Waals surface area contributed by atoms with Crippen molar-refractivity contribution in [2.24, 2.45) is 35.3 Å². The number of rotatable bonds is 5. The predicted octanol–water partition coefficient (Wildman–Crippen LogP) is 2.25. The molecule has 4 aliphatic rings. The standard InChI is InChI=1S/C22H30N2O3/c1-26-22(15-5-2-4-14(8-15)21(23)25)16-6-3-7-17(22)10-24(9-16)11-18-19-12-27-13-20(18)19/h2,4-5,8,16-20H,3,6-7,9-13H2,1H3,(H2,23,25)/t16?,17?,18-,19-,20+,22?. The van der Waals surface area contributed by atoms with Crippen LogP contribution in [0.1, 0.15) is 35.2 Å². The molecule has 2 saturated heterocycles. The molecule has 27 heavy (non-hydrogen) atoms. The Labute approximate surface area is 161 Å². The maximum Gasteiger partial charge on any atom is 0.248 e. The lowest BCUT2D eigenvalue weighted by Gasteiger charge is -2.55. The zero-order valence-electron chi connectivity index (χ0n) is 16.1. The first-order valence-electron chi connectivity index (χ1n) is 10.4. The highest BCUT2D eigenvalue weighted by Gasteiger charge is 2.57. The van der Waals surface area contributed by atoms with Gasteiger partial charge in [-0.25, -0.2) is 0 Å². The van der Waals surface area contributed by atoms with Crippen LogP contribution in [0.4, 0.5) is 0 Å². The van der Waals surface area contributed by atoms with Gasteiger partial charge in [0.1, 0.15) is 5.60 Å². The molecule has 2 saturated carbocycles. The molecule has 1 aromatic carbocycles. The molecule has 1 aromatic rings. The van der Waals surface area contributed by atoms with Crippen LogP contribution >= 0.6 is 0 Å². The molecule has 2 heterocycles. The number of primary amides is 1. The molecule has 5 heteroatoms. The van der Waals surface area contributed by atoms with Crippen molar-refractivity contribution >= 4 is 5.91 Å². The SMILES string of the molecule is COC1(c2cccc(C(N)=O)c2)C2CCCC1CN(C[C@H]1[C@@H]3COC[C@@H]31)C2. The zero-order valence-corrected chi connectivity index (χ0v) is 16.1. The number of amides is 1. The van der Waals surface area contributed by atoms with Crippen molar-refractivity contribution < 1.29 is 14.3 Å². The molecule has 0 radical (unpaired) electrons. The minimum absolute atomic E-state index is 0.289. The van der Waals surface area contributed by atoms with Gasteiger partial charge in [0.05, 0.1) is 13.2 Å². The van der Waals surface area contributed by atoms with Crippen LogP contribution in [0.15, 0.2) is 24.3 Å². The Morgan fingerprint density at radius 3 is 2.59 bits per heavy atom. The maximum absolute atomic E-state index is 11.7. The number of piperidine rings is 1. The third-order valence-electron chi connectivity index (χ3n) is 7.81. The highest BCUT2D eigenvalue weighted by Crippen LogP contribution is 2.54. The molecule has 2 N–H and O–H groups in total. The molecule has 0 aromatic heterocycles. The van der Waals surface area contributed by atoms with Crippen LogP contribution in [0.3, 0.4) is 0 Å². The van der Waals surface area contributed by atoms with Crippen LogP contribution in [0, 0.1) is 29.6 Å². The van der Waals surface area contributed by atoms with Crippen LogP contribution < -0.4 is 5.73 Å². The zero-order chi connectivity index (χ0) is 18.6. The second-order valence-electron chi connectivity index (χ2n) is 9.01. The van der Waals surface area contributed by atoms with Crippen LogP contribution in [-0.2, 0) is 15.1 Å². The predicted molar refractivity (Wildman–Crippen MR) is 102 cm³/mol. The highest BCUT2D eigenvalue weighted by molar-refractivity contribution is 5.92. The van der Waals surface area contributed by atoms with E-state index in [1.807, 2.05) is 19.2 Å². The summed E-state index contributed by atoms with van der Waals surface area (Å²) in [6.45, 7) is 5.33. The van der Waals surface area contributed by atoms with Gasteiger partial charge in [0.15, 0.2) is 0 Å². The van der Waals surface area contributed by atoms with E-state index in [9.17, 15) is 4.79 Å². The molecule has 146 valence electrons. The van der Waals surface area contributed by atoms with Crippen molar-refractivity contribution in [3.63, 3.8) is 0 Å². The minimum atomic E-state index is -0.367. The van der Waals surface area contributed by atoms with Crippen molar-refractivity contribution in [1.29, 1.82) is 0 Å². The van der Waals surface area contributed by atoms with E-state index in [4.69, 9.17) is 15.2 Å². The number of benzene rings is 1. The lowest BCUT2D eigenvalue weighted by molar-refractivity contribution is -0.169. The maximum atomic E-state index is 11.7. The van der Waals surface area contributed by atoms with Gasteiger partial charge in [-0.15, -0.1) is 0 Å². The summed E-state index contributed by atoms with van der Waals surface area (Å²) in [6, 6.07) is 7.84. The minimum Gasteiger partial charge on any atom is -0.381 e. The first-order valence-corrected chi connectivity index (χ1v) is 10.4. The van der Waals surface area contributed by atoms with E-state index in [1.165, 1.54) is 25.8 Å². The number of hydrogen-bond donors (Lipinski definition) is 1. The third-order valence-corrected chi connectivity index (χ3v) is 7.81. The number of hydrogen-bond acceptors (Lipinski definition) is 4. The van der Waals surface area contributed by atoms with Crippen molar-refractivity contribution in [3.8, 4) is 0 Å². The molecule has 5 nitrogen and oxygen atoms in total. The van der Waals surface area contributed by atoms with E-state index < -0.39 is 0 Å². The number of carbonyl (C=O) groups is 1. The van der Waals surface area contributed by atoms with Gasteiger partial charge < -0.3 is 20.1 Å². The summed E-state index contributed by atoms with van der Waals surface area (Å²) in [4.78, 5) is 14.4. The summed E-state index contributed by atoms with van der Waals surface area (Å²) in [6.07, 6.45) is 3.64. The second kappa shape index (κ2) is 6.57. The molecule has 2 aliphatic carbocycles. The number of nitrogens with zero attached hydrogens (tertiary/aromatic N) is 1. The second-order valence-corrected chi connectivity index (χ2v) is 9.01. The van der Waals surface area contributed by atoms with E-state index >= 15 is 0 Å². The monoisotopic (exact) mass is 370 g/mol. The Bertz CT molecular complexity index is 712. The fourth-order valence-corrected chi connectivity index (χ4v) is 6.44. The molecule has 0 spiro atoms. The molecule has 2 unspecified atom stereocenters. The third kappa shape index (κ3) is 2.74. The fourth-order valence-electron chi connectivity index (χ4n) is 6.44. The number of fused-ring (bicyclic) bond motifs is 3. The van der Waals surface area contributed by atoms with Crippen LogP contribution in [0.5, 0.6) is 0 Å². The van der Waals surface area contributed by atoms with E-state index in [1.54, 1.807) is 6.07 Å². The Hall–Kier alpha value is -1.43. The first-order chi connectivity index (χ1) is 13.1. The topological polar surface area (TPSA) is 64.8 Å². The van der Waals surface area contributed by atoms with Crippen molar-refractivity contribution in [2.45, 2.75) is 24.9 Å². The molecular formula is C22H30N2O3. The Morgan fingerprint density at radius 1 is 1.26 bits per heavy atom. The van der Waals surface area contributed by atoms with Crippen LogP contribution in [0.25, 0.3) is 0 Å². The summed E-state index contributed by atoms with van der Waals surface area (Å²) in [5.41, 5.74) is 6.96. The molecule has 5 atom stereocenters. The van der Waals surface area contributed by atoms with E-state index in [0.29, 0.717) is 17.4 Å². The van der Waals surface area contributed by atoms with Crippen molar-refractivity contribution in [3.05, 3.63) is 35.4 Å². The van der Waals surface area contributed by atoms with Gasteiger partial charge in [-0.2, -0.15) is 0 Å². The Kier molecular flexibility index (Phi) is 4.30. The molecular weight excluding hydrogens is 340 g/mol. The van der Waals surface area contributed by atoms with E-state index in [2.05, 4.69) is 11.0 Å². The summed E-state index contributed by atoms with van der Waals surface area (Å²) in [7, 11) is 1.85. The van der Waals surface area contributed by atoms with E-state index in [-0.39, 0.29) is 11.5 Å². The van der Waals surface area contributed by atoms with Crippen LogP contribution in [-0.4, -0.2) is 50.8 Å². The quantitative estimate of drug-likeness (QED) is 0.863. The Balaban J connectivity index is 1.40. The number of nitrogens with two attached hydrogens (primary N) is 1. The normalized spacial score (nSPS) is 40.6. The first kappa shape index (κ1) is 17.7. The van der Waals surface area contributed by atoms with Gasteiger partial charge in [0, 0.05) is 44.1 Å². The van der Waals surface area contributed by atoms with Gasteiger partial charge in [0.2, 0.25) is 5.91 Å². The number of likely N-dealkylation sites (tertiary alicyclic amines) is 1. The van der Waals surface area contributed by atoms with Crippen molar-refractivity contribution in [2.75, 3.05) is 40.0 Å². The average Bonchev–Trinajstić information content (AvgIpc) is 3.08. The fraction of sp³-hybridized carbons (Fsp3) is 0.682. The average molecular weight is 370 g/mol. The largest absolute Gasteiger partial charge is 0.381 e. The summed E-state index contributed by atoms with van der Waals surface area (Å²) < 4.78 is 11.9. The summed E-state index contributed by atoms with van der Waals surface area (Å²) in [5.74, 6) is 3.03. The van der Waals surface area contributed by atoms with E-state index in [0.717, 1.165) is 49.6 Å². The molecule has 2 aliphatic heterocycles. The lowest BCUT2D eigenvalue weighted by atomic mass is 9.62. The van der Waals surface area contributed by atoms with Crippen molar-refractivity contribution in [1.82, 2.24) is 4.90 Å². The van der Waals surface area contributed by atoms with Gasteiger partial charge in [0.25, 0.3) is 0 Å².